The highest BCUT2D eigenvalue weighted by molar-refractivity contribution is 5.79. The number of nitriles is 1. The van der Waals surface area contributed by atoms with Crippen LogP contribution in [0.25, 0.3) is 0 Å². The van der Waals surface area contributed by atoms with Crippen molar-refractivity contribution in [3.63, 3.8) is 0 Å². The number of carbonyl (C=O) groups excluding carboxylic acids is 1. The molecule has 1 amide bonds. The molecule has 2 aliphatic heterocycles. The third-order valence-corrected chi connectivity index (χ3v) is 5.31. The van der Waals surface area contributed by atoms with Crippen LogP contribution < -0.4 is 5.32 Å². The normalized spacial score (nSPS) is 29.7. The monoisotopic (exact) mass is 292 g/mol. The minimum Gasteiger partial charge on any atom is -0.337 e. The minimum absolute atomic E-state index is 0.0263. The minimum atomic E-state index is -0.778. The number of carbonyl (C=O) groups is 1. The molecule has 0 radical (unpaired) electrons. The third kappa shape index (κ3) is 3.56. The molecule has 2 aliphatic rings. The predicted octanol–water partition coefficient (Wildman–Crippen LogP) is 1.07. The van der Waals surface area contributed by atoms with Crippen molar-refractivity contribution in [1.29, 1.82) is 5.26 Å². The van der Waals surface area contributed by atoms with Crippen molar-refractivity contribution in [2.24, 2.45) is 11.8 Å². The Balaban J connectivity index is 1.93. The first-order valence-electron chi connectivity index (χ1n) is 8.00. The fraction of sp³-hybridized carbons (Fsp3) is 0.875. The summed E-state index contributed by atoms with van der Waals surface area (Å²) in [6.45, 7) is 9.37. The van der Waals surface area contributed by atoms with E-state index in [1.807, 2.05) is 13.8 Å². The Hall–Kier alpha value is -1.12. The fourth-order valence-electron chi connectivity index (χ4n) is 3.40. The molecule has 2 heterocycles. The molecule has 21 heavy (non-hydrogen) atoms. The van der Waals surface area contributed by atoms with Crippen LogP contribution in [0, 0.1) is 23.2 Å². The van der Waals surface area contributed by atoms with Gasteiger partial charge >= 0.3 is 0 Å². The molecule has 2 fully saturated rings. The van der Waals surface area contributed by atoms with Crippen molar-refractivity contribution in [3.05, 3.63) is 0 Å². The van der Waals surface area contributed by atoms with Gasteiger partial charge in [0, 0.05) is 12.6 Å². The third-order valence-electron chi connectivity index (χ3n) is 5.31. The fourth-order valence-corrected chi connectivity index (χ4v) is 3.40. The van der Waals surface area contributed by atoms with Crippen molar-refractivity contribution in [2.75, 3.05) is 33.2 Å². The second kappa shape index (κ2) is 6.33. The standard InChI is InChI=1S/C16H28N4O/c1-12(2)16(3,11-17)18-15(21)10-20-8-6-13-5-7-19(4)9-14(13)20/h12-14H,5-10H2,1-4H3,(H,18,21)/t13-,14-,16-/m0/s1. The summed E-state index contributed by atoms with van der Waals surface area (Å²) in [5.41, 5.74) is -0.778. The van der Waals surface area contributed by atoms with Gasteiger partial charge in [0.15, 0.2) is 0 Å². The second-order valence-electron chi connectivity index (χ2n) is 7.15. The van der Waals surface area contributed by atoms with Gasteiger partial charge in [-0.25, -0.2) is 0 Å². The van der Waals surface area contributed by atoms with Gasteiger partial charge in [-0.1, -0.05) is 13.8 Å². The molecule has 0 unspecified atom stereocenters. The molecular weight excluding hydrogens is 264 g/mol. The molecule has 0 bridgehead atoms. The van der Waals surface area contributed by atoms with Crippen molar-refractivity contribution in [3.8, 4) is 6.07 Å². The summed E-state index contributed by atoms with van der Waals surface area (Å²) in [5, 5.41) is 12.2. The Kier molecular flexibility index (Phi) is 4.90. The van der Waals surface area contributed by atoms with Crippen LogP contribution in [0.2, 0.25) is 0 Å². The molecule has 5 heteroatoms. The van der Waals surface area contributed by atoms with Crippen LogP contribution >= 0.6 is 0 Å². The number of rotatable bonds is 4. The van der Waals surface area contributed by atoms with E-state index in [0.717, 1.165) is 19.0 Å². The summed E-state index contributed by atoms with van der Waals surface area (Å²) in [6, 6.07) is 2.74. The lowest BCUT2D eigenvalue weighted by atomic mass is 9.90. The van der Waals surface area contributed by atoms with Crippen molar-refractivity contribution in [2.45, 2.75) is 45.2 Å². The Morgan fingerprint density at radius 3 is 2.71 bits per heavy atom. The first-order valence-corrected chi connectivity index (χ1v) is 8.00. The van der Waals surface area contributed by atoms with Crippen LogP contribution in [0.3, 0.4) is 0 Å². The van der Waals surface area contributed by atoms with Gasteiger partial charge in [0.05, 0.1) is 12.6 Å². The van der Waals surface area contributed by atoms with Crippen LogP contribution in [0.4, 0.5) is 0 Å². The number of amides is 1. The quantitative estimate of drug-likeness (QED) is 0.842. The lowest BCUT2D eigenvalue weighted by Gasteiger charge is -2.37. The topological polar surface area (TPSA) is 59.4 Å². The number of nitrogens with one attached hydrogen (secondary N) is 1. The number of fused-ring (bicyclic) bond motifs is 1. The molecule has 0 aromatic carbocycles. The lowest BCUT2D eigenvalue weighted by molar-refractivity contribution is -0.124. The van der Waals surface area contributed by atoms with Crippen LogP contribution in [0.15, 0.2) is 0 Å². The average Bonchev–Trinajstić information content (AvgIpc) is 2.80. The Morgan fingerprint density at radius 1 is 1.43 bits per heavy atom. The maximum atomic E-state index is 12.3. The van der Waals surface area contributed by atoms with Crippen molar-refractivity contribution < 1.29 is 4.79 Å². The maximum absolute atomic E-state index is 12.3. The van der Waals surface area contributed by atoms with Crippen LogP contribution in [0.1, 0.15) is 33.6 Å². The van der Waals surface area contributed by atoms with Gasteiger partial charge in [-0.05, 0) is 51.7 Å². The van der Waals surface area contributed by atoms with E-state index in [-0.39, 0.29) is 11.8 Å². The zero-order chi connectivity index (χ0) is 15.6. The number of hydrogen-bond donors (Lipinski definition) is 1. The number of likely N-dealkylation sites (tertiary alicyclic amines) is 2. The second-order valence-corrected chi connectivity index (χ2v) is 7.15. The number of hydrogen-bond acceptors (Lipinski definition) is 4. The van der Waals surface area contributed by atoms with Crippen LogP contribution in [0.5, 0.6) is 0 Å². The molecular formula is C16H28N4O. The van der Waals surface area contributed by atoms with Gasteiger partial charge in [0.1, 0.15) is 5.54 Å². The molecule has 0 saturated carbocycles. The Labute approximate surface area is 128 Å². The van der Waals surface area contributed by atoms with Gasteiger partial charge in [0.25, 0.3) is 0 Å². The first kappa shape index (κ1) is 16.3. The van der Waals surface area contributed by atoms with Gasteiger partial charge in [-0.2, -0.15) is 5.26 Å². The summed E-state index contributed by atoms with van der Waals surface area (Å²) in [6.07, 6.45) is 2.44. The molecule has 3 atom stereocenters. The number of piperidine rings is 1. The summed E-state index contributed by atoms with van der Waals surface area (Å²) in [4.78, 5) is 17.0. The summed E-state index contributed by atoms with van der Waals surface area (Å²) < 4.78 is 0. The molecule has 5 nitrogen and oxygen atoms in total. The van der Waals surface area contributed by atoms with E-state index in [1.54, 1.807) is 6.92 Å². The molecule has 0 aromatic heterocycles. The molecule has 2 rings (SSSR count). The molecule has 2 saturated heterocycles. The van der Waals surface area contributed by atoms with E-state index in [2.05, 4.69) is 28.2 Å². The van der Waals surface area contributed by atoms with Crippen LogP contribution in [-0.2, 0) is 4.79 Å². The lowest BCUT2D eigenvalue weighted by Crippen LogP contribution is -2.54. The van der Waals surface area contributed by atoms with E-state index in [9.17, 15) is 10.1 Å². The van der Waals surface area contributed by atoms with Crippen molar-refractivity contribution in [1.82, 2.24) is 15.1 Å². The molecule has 0 spiro atoms. The van der Waals surface area contributed by atoms with Gasteiger partial charge in [-0.15, -0.1) is 0 Å². The summed E-state index contributed by atoms with van der Waals surface area (Å²) >= 11 is 0. The highest BCUT2D eigenvalue weighted by atomic mass is 16.2. The van der Waals surface area contributed by atoms with E-state index in [1.165, 1.54) is 19.4 Å². The van der Waals surface area contributed by atoms with Crippen LogP contribution in [-0.4, -0.2) is 60.5 Å². The molecule has 118 valence electrons. The predicted molar refractivity (Wildman–Crippen MR) is 82.6 cm³/mol. The van der Waals surface area contributed by atoms with E-state index < -0.39 is 5.54 Å². The van der Waals surface area contributed by atoms with Gasteiger partial charge in [0.2, 0.25) is 5.91 Å². The molecule has 0 aromatic rings. The maximum Gasteiger partial charge on any atom is 0.235 e. The number of likely N-dealkylation sites (N-methyl/N-ethyl adjacent to an activating group) is 1. The zero-order valence-electron chi connectivity index (χ0n) is 13.7. The Bertz CT molecular complexity index is 430. The van der Waals surface area contributed by atoms with Crippen molar-refractivity contribution >= 4 is 5.91 Å². The summed E-state index contributed by atoms with van der Waals surface area (Å²) in [5.74, 6) is 0.807. The van der Waals surface area contributed by atoms with E-state index in [0.29, 0.717) is 12.6 Å². The smallest absolute Gasteiger partial charge is 0.235 e. The highest BCUT2D eigenvalue weighted by Gasteiger charge is 2.39. The van der Waals surface area contributed by atoms with E-state index >= 15 is 0 Å². The molecule has 0 aliphatic carbocycles. The highest BCUT2D eigenvalue weighted by Crippen LogP contribution is 2.30. The number of nitrogens with zero attached hydrogens (tertiary/aromatic N) is 3. The molecule has 1 N–H and O–H groups in total. The first-order chi connectivity index (χ1) is 9.85. The van der Waals surface area contributed by atoms with Gasteiger partial charge < -0.3 is 10.2 Å². The largest absolute Gasteiger partial charge is 0.337 e. The van der Waals surface area contributed by atoms with Gasteiger partial charge in [-0.3, -0.25) is 9.69 Å². The Morgan fingerprint density at radius 2 is 2.10 bits per heavy atom. The summed E-state index contributed by atoms with van der Waals surface area (Å²) in [7, 11) is 2.15. The SMILES string of the molecule is CC(C)[C@](C)(C#N)NC(=O)CN1CC[C@@H]2CCN(C)C[C@@H]21. The van der Waals surface area contributed by atoms with E-state index in [4.69, 9.17) is 0 Å². The average molecular weight is 292 g/mol. The zero-order valence-corrected chi connectivity index (χ0v) is 13.7.